The maximum absolute atomic E-state index is 5.86. The Morgan fingerprint density at radius 2 is 2.33 bits per heavy atom. The van der Waals surface area contributed by atoms with E-state index in [4.69, 9.17) is 5.73 Å². The fourth-order valence-corrected chi connectivity index (χ4v) is 3.11. The molecular formula is C13H17BrN4. The minimum Gasteiger partial charge on any atom is -0.398 e. The van der Waals surface area contributed by atoms with E-state index in [-0.39, 0.29) is 0 Å². The summed E-state index contributed by atoms with van der Waals surface area (Å²) in [5, 5.41) is 3.56. The van der Waals surface area contributed by atoms with Crippen LogP contribution < -0.4 is 11.1 Å². The van der Waals surface area contributed by atoms with Crippen LogP contribution in [0.5, 0.6) is 0 Å². The predicted molar refractivity (Wildman–Crippen MR) is 76.7 cm³/mol. The van der Waals surface area contributed by atoms with Gasteiger partial charge < -0.3 is 15.5 Å². The summed E-state index contributed by atoms with van der Waals surface area (Å²) in [6, 6.07) is 4.45. The normalized spacial score (nSPS) is 20.4. The monoisotopic (exact) mass is 308 g/mol. The molecule has 4 nitrogen and oxygen atoms in total. The molecule has 3 heterocycles. The Labute approximate surface area is 115 Å². The van der Waals surface area contributed by atoms with Gasteiger partial charge in [0.2, 0.25) is 0 Å². The van der Waals surface area contributed by atoms with E-state index in [1.807, 2.05) is 18.3 Å². The van der Waals surface area contributed by atoms with Crippen LogP contribution in [0, 0.1) is 0 Å². The summed E-state index contributed by atoms with van der Waals surface area (Å²) in [5.74, 6) is 1.07. The first-order valence-electron chi connectivity index (χ1n) is 6.39. The quantitative estimate of drug-likeness (QED) is 0.895. The van der Waals surface area contributed by atoms with Gasteiger partial charge in [-0.25, -0.2) is 4.98 Å². The van der Waals surface area contributed by atoms with E-state index < -0.39 is 0 Å². The summed E-state index contributed by atoms with van der Waals surface area (Å²) in [7, 11) is 0. The number of nitrogen functional groups attached to an aromatic ring is 1. The van der Waals surface area contributed by atoms with Gasteiger partial charge in [0.1, 0.15) is 10.4 Å². The van der Waals surface area contributed by atoms with Gasteiger partial charge in [0.15, 0.2) is 0 Å². The fraction of sp³-hybridized carbons (Fsp3) is 0.462. The van der Waals surface area contributed by atoms with E-state index in [1.165, 1.54) is 19.3 Å². The molecule has 3 N–H and O–H groups in total. The van der Waals surface area contributed by atoms with Crippen LogP contribution in [-0.2, 0) is 6.42 Å². The van der Waals surface area contributed by atoms with Crippen molar-refractivity contribution in [3.05, 3.63) is 28.8 Å². The molecule has 1 atom stereocenters. The Balaban J connectivity index is 1.93. The molecule has 0 aliphatic carbocycles. The molecule has 1 aliphatic heterocycles. The Hall–Kier alpha value is -1.07. The molecule has 0 amide bonds. The molecule has 0 radical (unpaired) electrons. The zero-order valence-electron chi connectivity index (χ0n) is 10.2. The van der Waals surface area contributed by atoms with Gasteiger partial charge in [0.25, 0.3) is 0 Å². The van der Waals surface area contributed by atoms with Crippen molar-refractivity contribution < 1.29 is 0 Å². The van der Waals surface area contributed by atoms with Gasteiger partial charge in [0.05, 0.1) is 5.52 Å². The average molecular weight is 309 g/mol. The van der Waals surface area contributed by atoms with Crippen molar-refractivity contribution in [1.29, 1.82) is 0 Å². The largest absolute Gasteiger partial charge is 0.398 e. The summed E-state index contributed by atoms with van der Waals surface area (Å²) >= 11 is 3.51. The first kappa shape index (κ1) is 12.0. The number of rotatable bonds is 2. The van der Waals surface area contributed by atoms with Crippen LogP contribution in [0.1, 0.15) is 25.1 Å². The van der Waals surface area contributed by atoms with Crippen molar-refractivity contribution in [1.82, 2.24) is 14.7 Å². The van der Waals surface area contributed by atoms with Gasteiger partial charge in [0, 0.05) is 24.3 Å². The second-order valence-corrected chi connectivity index (χ2v) is 5.64. The number of hydrogen-bond donors (Lipinski definition) is 2. The molecule has 0 saturated carbocycles. The van der Waals surface area contributed by atoms with Gasteiger partial charge in [-0.1, -0.05) is 6.42 Å². The average Bonchev–Trinajstić information content (AvgIpc) is 2.67. The van der Waals surface area contributed by atoms with Crippen LogP contribution in [-0.4, -0.2) is 22.0 Å². The highest BCUT2D eigenvalue weighted by atomic mass is 79.9. The molecular weight excluding hydrogens is 292 g/mol. The highest BCUT2D eigenvalue weighted by Gasteiger charge is 2.17. The number of aromatic nitrogens is 2. The molecule has 2 aromatic heterocycles. The lowest BCUT2D eigenvalue weighted by Gasteiger charge is -2.22. The topological polar surface area (TPSA) is 55.3 Å². The van der Waals surface area contributed by atoms with E-state index in [2.05, 4.69) is 30.6 Å². The second kappa shape index (κ2) is 4.90. The molecule has 3 rings (SSSR count). The Bertz CT molecular complexity index is 557. The van der Waals surface area contributed by atoms with E-state index in [1.54, 1.807) is 0 Å². The third-order valence-electron chi connectivity index (χ3n) is 3.53. The predicted octanol–water partition coefficient (Wildman–Crippen LogP) is 2.36. The molecule has 0 bridgehead atoms. The minimum absolute atomic E-state index is 0.540. The lowest BCUT2D eigenvalue weighted by Crippen LogP contribution is -2.36. The number of imidazole rings is 1. The number of nitrogens with zero attached hydrogens (tertiary/aromatic N) is 2. The van der Waals surface area contributed by atoms with Gasteiger partial charge in [-0.2, -0.15) is 0 Å². The van der Waals surface area contributed by atoms with Crippen LogP contribution in [0.3, 0.4) is 0 Å². The lowest BCUT2D eigenvalue weighted by molar-refractivity contribution is 0.394. The highest BCUT2D eigenvalue weighted by molar-refractivity contribution is 9.10. The van der Waals surface area contributed by atoms with Crippen LogP contribution in [0.15, 0.2) is 22.9 Å². The van der Waals surface area contributed by atoms with Gasteiger partial charge >= 0.3 is 0 Å². The number of fused-ring (bicyclic) bond motifs is 1. The lowest BCUT2D eigenvalue weighted by atomic mass is 10.0. The SMILES string of the molecule is Nc1ccc2c(Br)nc(CC3CCCCN3)n2c1. The van der Waals surface area contributed by atoms with Crippen molar-refractivity contribution in [2.45, 2.75) is 31.7 Å². The van der Waals surface area contributed by atoms with Crippen LogP contribution in [0.4, 0.5) is 5.69 Å². The molecule has 18 heavy (non-hydrogen) atoms. The smallest absolute Gasteiger partial charge is 0.132 e. The van der Waals surface area contributed by atoms with Crippen LogP contribution >= 0.6 is 15.9 Å². The number of nitrogens with one attached hydrogen (secondary N) is 1. The van der Waals surface area contributed by atoms with Gasteiger partial charge in [-0.05, 0) is 47.4 Å². The van der Waals surface area contributed by atoms with Crippen molar-refractivity contribution in [2.75, 3.05) is 12.3 Å². The van der Waals surface area contributed by atoms with Crippen molar-refractivity contribution >= 4 is 27.1 Å². The van der Waals surface area contributed by atoms with E-state index in [0.717, 1.165) is 34.6 Å². The maximum atomic E-state index is 5.86. The van der Waals surface area contributed by atoms with Gasteiger partial charge in [-0.3, -0.25) is 0 Å². The summed E-state index contributed by atoms with van der Waals surface area (Å²) in [4.78, 5) is 4.61. The molecule has 1 unspecified atom stereocenters. The number of halogens is 1. The minimum atomic E-state index is 0.540. The Morgan fingerprint density at radius 1 is 1.44 bits per heavy atom. The standard InChI is InChI=1S/C13H17BrN4/c14-13-11-5-4-9(15)8-18(11)12(17-13)7-10-3-1-2-6-16-10/h4-5,8,10,16H,1-3,6-7,15H2. The van der Waals surface area contributed by atoms with E-state index in [9.17, 15) is 0 Å². The maximum Gasteiger partial charge on any atom is 0.132 e. The summed E-state index contributed by atoms with van der Waals surface area (Å²) in [5.41, 5.74) is 7.70. The Kier molecular flexibility index (Phi) is 3.26. The Morgan fingerprint density at radius 3 is 3.11 bits per heavy atom. The molecule has 1 fully saturated rings. The number of hydrogen-bond acceptors (Lipinski definition) is 3. The summed E-state index contributed by atoms with van der Waals surface area (Å²) < 4.78 is 2.99. The number of anilines is 1. The summed E-state index contributed by atoms with van der Waals surface area (Å²) in [6.07, 6.45) is 6.73. The third kappa shape index (κ3) is 2.24. The number of piperidine rings is 1. The molecule has 5 heteroatoms. The first-order chi connectivity index (χ1) is 8.74. The zero-order valence-corrected chi connectivity index (χ0v) is 11.8. The van der Waals surface area contributed by atoms with Crippen molar-refractivity contribution in [3.8, 4) is 0 Å². The molecule has 0 aromatic carbocycles. The first-order valence-corrected chi connectivity index (χ1v) is 7.18. The molecule has 0 spiro atoms. The van der Waals surface area contributed by atoms with Crippen LogP contribution in [0.2, 0.25) is 0 Å². The number of pyridine rings is 1. The summed E-state index contributed by atoms with van der Waals surface area (Å²) in [6.45, 7) is 1.12. The van der Waals surface area contributed by atoms with Crippen molar-refractivity contribution in [2.24, 2.45) is 0 Å². The molecule has 1 saturated heterocycles. The third-order valence-corrected chi connectivity index (χ3v) is 4.11. The molecule has 96 valence electrons. The van der Waals surface area contributed by atoms with Crippen molar-refractivity contribution in [3.63, 3.8) is 0 Å². The number of nitrogens with two attached hydrogens (primary N) is 1. The fourth-order valence-electron chi connectivity index (χ4n) is 2.59. The highest BCUT2D eigenvalue weighted by Crippen LogP contribution is 2.22. The zero-order chi connectivity index (χ0) is 12.5. The van der Waals surface area contributed by atoms with E-state index >= 15 is 0 Å². The van der Waals surface area contributed by atoms with Crippen LogP contribution in [0.25, 0.3) is 5.52 Å². The molecule has 2 aromatic rings. The van der Waals surface area contributed by atoms with E-state index in [0.29, 0.717) is 6.04 Å². The molecule has 1 aliphatic rings. The van der Waals surface area contributed by atoms with Gasteiger partial charge in [-0.15, -0.1) is 0 Å². The second-order valence-electron chi connectivity index (χ2n) is 4.89.